The van der Waals surface area contributed by atoms with Gasteiger partial charge in [0.05, 0.1) is 37.2 Å². The number of para-hydroxylation sites is 3. The lowest BCUT2D eigenvalue weighted by Crippen LogP contribution is -2.45. The van der Waals surface area contributed by atoms with Crippen molar-refractivity contribution in [2.24, 2.45) is 0 Å². The van der Waals surface area contributed by atoms with Gasteiger partial charge < -0.3 is 35.8 Å². The van der Waals surface area contributed by atoms with Crippen LogP contribution in [0.5, 0.6) is 5.75 Å². The molecule has 2 saturated heterocycles. The Labute approximate surface area is 449 Å². The van der Waals surface area contributed by atoms with Crippen molar-refractivity contribution in [1.29, 1.82) is 5.26 Å². The van der Waals surface area contributed by atoms with Gasteiger partial charge in [0, 0.05) is 44.6 Å². The molecule has 6 aromatic carbocycles. The maximum Gasteiger partial charge on any atom is 0.328 e. The Balaban J connectivity index is 0.000000224. The molecule has 2 heterocycles. The second-order valence-corrected chi connectivity index (χ2v) is 22.1. The van der Waals surface area contributed by atoms with E-state index in [9.17, 15) is 46.4 Å². The number of methoxy groups -OCH3 is 2. The number of nitriles is 1. The van der Waals surface area contributed by atoms with Crippen LogP contribution >= 0.6 is 0 Å². The van der Waals surface area contributed by atoms with Gasteiger partial charge in [-0.3, -0.25) is 0 Å². The van der Waals surface area contributed by atoms with E-state index in [1.807, 2.05) is 60.7 Å². The minimum atomic E-state index is -3.81. The quantitative estimate of drug-likeness (QED) is 0.0538. The number of amides is 4. The molecule has 77 heavy (non-hydrogen) atoms. The molecule has 8 rings (SSSR count). The van der Waals surface area contributed by atoms with Gasteiger partial charge in [0.2, 0.25) is 20.0 Å². The number of anilines is 2. The topological polar surface area (TPSA) is 254 Å². The van der Waals surface area contributed by atoms with Crippen LogP contribution in [0, 0.1) is 11.3 Å². The number of urea groups is 2. The molecule has 402 valence electrons. The minimum absolute atomic E-state index is 0.0106. The van der Waals surface area contributed by atoms with Crippen LogP contribution in [-0.2, 0) is 47.2 Å². The van der Waals surface area contributed by atoms with Crippen LogP contribution in [-0.4, -0.2) is 107 Å². The standard InChI is InChI=1S/C29H33N3O6S.C28H28N4O5S/c1-37-26-12-6-4-10-23(26)22-16-14-21(15-17-22)20-25(28(33)38-2)31-29(34)30-24-11-5-7-13-27(24)39(35,36)32-18-8-3-9-19-32;29-19-22-8-2-3-9-23(22)21-14-12-20(13-15-21)18-25(27(33)34)31-28(35)30-24-10-4-5-11-26(24)38(36,37)32-16-6-1-7-17-32/h4-7,10-17,25H,3,8-9,18-20H2,1-2H3,(H2,30,31,34);2-5,8-15,25H,1,6-7,16-18H2,(H,33,34)(H2,30,31,35)/t2*25-/m00/s1. The molecular weight excluding hydrogens is 1020 g/mol. The number of ether oxygens (including phenoxy) is 2. The van der Waals surface area contributed by atoms with Crippen LogP contribution in [0.3, 0.4) is 0 Å². The number of carbonyl (C=O) groups is 4. The Morgan fingerprint density at radius 2 is 0.974 bits per heavy atom. The first-order valence-electron chi connectivity index (χ1n) is 25.1. The predicted molar refractivity (Wildman–Crippen MR) is 292 cm³/mol. The SMILES string of the molecule is COC(=O)[C@H](Cc1ccc(-c2ccccc2OC)cc1)NC(=O)Nc1ccccc1S(=O)(=O)N1CCCCC1.N#Cc1ccccc1-c1ccc(C[C@H](NC(=O)Nc2ccccc2S(=O)(=O)N2CCCCC2)C(=O)O)cc1. The number of carboxylic acids is 1. The molecule has 0 saturated carbocycles. The first-order chi connectivity index (χ1) is 37.1. The van der Waals surface area contributed by atoms with Crippen molar-refractivity contribution in [3.8, 4) is 34.1 Å². The molecule has 2 aliphatic heterocycles. The largest absolute Gasteiger partial charge is 0.496 e. The van der Waals surface area contributed by atoms with Gasteiger partial charge >= 0.3 is 24.0 Å². The summed E-state index contributed by atoms with van der Waals surface area (Å²) in [6.07, 6.45) is 5.32. The fraction of sp³-hybridized carbons (Fsp3) is 0.281. The molecule has 0 aromatic heterocycles. The average Bonchev–Trinajstić information content (AvgIpc) is 3.47. The van der Waals surface area contributed by atoms with E-state index in [-0.39, 0.29) is 34.0 Å². The Morgan fingerprint density at radius 3 is 1.44 bits per heavy atom. The lowest BCUT2D eigenvalue weighted by Gasteiger charge is -2.27. The summed E-state index contributed by atoms with van der Waals surface area (Å²) in [5.41, 5.74) is 5.70. The van der Waals surface area contributed by atoms with Crippen molar-refractivity contribution in [1.82, 2.24) is 19.2 Å². The van der Waals surface area contributed by atoms with Crippen molar-refractivity contribution in [2.45, 2.75) is 73.2 Å². The van der Waals surface area contributed by atoms with Crippen molar-refractivity contribution in [3.63, 3.8) is 0 Å². The number of piperidine rings is 2. The van der Waals surface area contributed by atoms with E-state index in [2.05, 4.69) is 27.3 Å². The zero-order valence-electron chi connectivity index (χ0n) is 42.7. The number of aliphatic carboxylic acids is 1. The van der Waals surface area contributed by atoms with Crippen LogP contribution in [0.2, 0.25) is 0 Å². The number of carbonyl (C=O) groups excluding carboxylic acids is 3. The molecular formula is C57H61N7O11S2. The monoisotopic (exact) mass is 1080 g/mol. The number of nitrogens with zero attached hydrogens (tertiary/aromatic N) is 3. The fourth-order valence-corrected chi connectivity index (χ4v) is 12.4. The highest BCUT2D eigenvalue weighted by Crippen LogP contribution is 2.31. The van der Waals surface area contributed by atoms with Crippen molar-refractivity contribution < 1.29 is 50.6 Å². The van der Waals surface area contributed by atoms with Crippen LogP contribution in [0.1, 0.15) is 55.2 Å². The molecule has 2 fully saturated rings. The molecule has 2 atom stereocenters. The van der Waals surface area contributed by atoms with E-state index in [0.717, 1.165) is 72.1 Å². The van der Waals surface area contributed by atoms with Crippen LogP contribution in [0.25, 0.3) is 22.3 Å². The molecule has 0 spiro atoms. The highest BCUT2D eigenvalue weighted by atomic mass is 32.2. The first kappa shape index (κ1) is 56.6. The van der Waals surface area contributed by atoms with E-state index in [1.54, 1.807) is 67.8 Å². The fourth-order valence-electron chi connectivity index (χ4n) is 9.07. The summed E-state index contributed by atoms with van der Waals surface area (Å²) in [5, 5.41) is 29.3. The van der Waals surface area contributed by atoms with E-state index < -0.39 is 56.1 Å². The third-order valence-corrected chi connectivity index (χ3v) is 17.0. The maximum absolute atomic E-state index is 13.3. The summed E-state index contributed by atoms with van der Waals surface area (Å²) in [6, 6.07) is 40.3. The number of hydrogen-bond donors (Lipinski definition) is 5. The number of esters is 1. The van der Waals surface area contributed by atoms with Gasteiger partial charge in [-0.1, -0.05) is 122 Å². The molecule has 0 bridgehead atoms. The third kappa shape index (κ3) is 14.6. The first-order valence-corrected chi connectivity index (χ1v) is 28.0. The molecule has 20 heteroatoms. The van der Waals surface area contributed by atoms with Crippen LogP contribution in [0.15, 0.2) is 155 Å². The molecule has 18 nitrogen and oxygen atoms in total. The average molecular weight is 1080 g/mol. The van der Waals surface area contributed by atoms with Gasteiger partial charge in [0.15, 0.2) is 0 Å². The summed E-state index contributed by atoms with van der Waals surface area (Å²) in [7, 11) is -4.72. The maximum atomic E-state index is 13.3. The molecule has 0 unspecified atom stereocenters. The summed E-state index contributed by atoms with van der Waals surface area (Å²) in [6.45, 7) is 1.74. The summed E-state index contributed by atoms with van der Waals surface area (Å²) in [4.78, 5) is 50.1. The van der Waals surface area contributed by atoms with Gasteiger partial charge in [-0.05, 0) is 89.9 Å². The summed E-state index contributed by atoms with van der Waals surface area (Å²) >= 11 is 0. The number of sulfonamides is 2. The van der Waals surface area contributed by atoms with E-state index in [4.69, 9.17) is 9.47 Å². The lowest BCUT2D eigenvalue weighted by atomic mass is 9.97. The predicted octanol–water partition coefficient (Wildman–Crippen LogP) is 8.66. The van der Waals surface area contributed by atoms with Gasteiger partial charge in [-0.25, -0.2) is 36.0 Å². The smallest absolute Gasteiger partial charge is 0.328 e. The Kier molecular flexibility index (Phi) is 19.6. The number of benzene rings is 6. The minimum Gasteiger partial charge on any atom is -0.496 e. The lowest BCUT2D eigenvalue weighted by molar-refractivity contribution is -0.143. The van der Waals surface area contributed by atoms with E-state index in [0.29, 0.717) is 37.3 Å². The van der Waals surface area contributed by atoms with E-state index >= 15 is 0 Å². The van der Waals surface area contributed by atoms with Gasteiger partial charge in [0.25, 0.3) is 0 Å². The molecule has 0 radical (unpaired) electrons. The van der Waals surface area contributed by atoms with Crippen molar-refractivity contribution in [2.75, 3.05) is 51.0 Å². The molecule has 0 aliphatic carbocycles. The number of hydrogen-bond acceptors (Lipinski definition) is 11. The molecule has 6 aromatic rings. The van der Waals surface area contributed by atoms with Gasteiger partial charge in [-0.2, -0.15) is 13.9 Å². The van der Waals surface area contributed by atoms with Gasteiger partial charge in [0.1, 0.15) is 27.6 Å². The van der Waals surface area contributed by atoms with E-state index in [1.165, 1.54) is 40.0 Å². The Bertz CT molecular complexity index is 3300. The zero-order valence-corrected chi connectivity index (χ0v) is 44.3. The third-order valence-electron chi connectivity index (χ3n) is 13.1. The molecule has 2 aliphatic rings. The normalized spacial score (nSPS) is 14.7. The highest BCUT2D eigenvalue weighted by Gasteiger charge is 2.31. The number of carboxylic acid groups (broad SMARTS) is 1. The van der Waals surface area contributed by atoms with Crippen LogP contribution in [0.4, 0.5) is 21.0 Å². The second kappa shape index (κ2) is 26.6. The molecule has 5 N–H and O–H groups in total. The van der Waals surface area contributed by atoms with Gasteiger partial charge in [-0.15, -0.1) is 0 Å². The highest BCUT2D eigenvalue weighted by molar-refractivity contribution is 7.89. The summed E-state index contributed by atoms with van der Waals surface area (Å²) < 4.78 is 66.1. The van der Waals surface area contributed by atoms with Crippen molar-refractivity contribution in [3.05, 3.63) is 162 Å². The number of rotatable bonds is 17. The zero-order chi connectivity index (χ0) is 55.0. The second-order valence-electron chi connectivity index (χ2n) is 18.2. The Hall–Kier alpha value is -8.09. The molecule has 4 amide bonds. The summed E-state index contributed by atoms with van der Waals surface area (Å²) in [5.74, 6) is -1.10. The van der Waals surface area contributed by atoms with Crippen molar-refractivity contribution >= 4 is 55.4 Å². The van der Waals surface area contributed by atoms with Crippen LogP contribution < -0.4 is 26.0 Å². The Morgan fingerprint density at radius 1 is 0.558 bits per heavy atom. The number of nitrogens with one attached hydrogen (secondary N) is 4.